The Hall–Kier alpha value is -2.38. The van der Waals surface area contributed by atoms with Gasteiger partial charge in [0.1, 0.15) is 0 Å². The average molecular weight is 424 g/mol. The van der Waals surface area contributed by atoms with E-state index in [1.165, 1.54) is 15.8 Å². The lowest BCUT2D eigenvalue weighted by atomic mass is 9.85. The first kappa shape index (κ1) is 19.3. The average Bonchev–Trinajstić information content (AvgIpc) is 3.43. The molecule has 1 N–H and O–H groups in total. The van der Waals surface area contributed by atoms with Crippen LogP contribution in [0.25, 0.3) is 0 Å². The summed E-state index contributed by atoms with van der Waals surface area (Å²) in [6.45, 7) is 3.54. The van der Waals surface area contributed by atoms with Crippen LogP contribution in [0.2, 0.25) is 0 Å². The molecule has 1 aliphatic carbocycles. The molecule has 2 saturated heterocycles. The number of nitrogens with zero attached hydrogens (tertiary/aromatic N) is 3. The fraction of sp³-hybridized carbons (Fsp3) is 0.583. The Labute approximate surface area is 181 Å². The summed E-state index contributed by atoms with van der Waals surface area (Å²) in [5.74, 6) is 2.13. The molecule has 1 aromatic carbocycles. The topological polar surface area (TPSA) is 76.8 Å². The van der Waals surface area contributed by atoms with Crippen molar-refractivity contribution in [2.24, 2.45) is 0 Å². The van der Waals surface area contributed by atoms with E-state index in [0.29, 0.717) is 30.8 Å². The highest BCUT2D eigenvalue weighted by atomic mass is 16.7. The zero-order valence-electron chi connectivity index (χ0n) is 17.9. The number of piperidine rings is 1. The summed E-state index contributed by atoms with van der Waals surface area (Å²) in [6, 6.07) is 8.25. The normalized spacial score (nSPS) is 29.5. The molecule has 0 radical (unpaired) electrons. The van der Waals surface area contributed by atoms with Crippen LogP contribution in [0.3, 0.4) is 0 Å². The van der Waals surface area contributed by atoms with Crippen molar-refractivity contribution in [3.8, 4) is 11.5 Å². The maximum atomic E-state index is 12.4. The second-order valence-corrected chi connectivity index (χ2v) is 9.85. The van der Waals surface area contributed by atoms with Crippen molar-refractivity contribution in [3.05, 3.63) is 51.4 Å². The van der Waals surface area contributed by atoms with E-state index in [2.05, 4.69) is 29.1 Å². The van der Waals surface area contributed by atoms with E-state index in [4.69, 9.17) is 9.47 Å². The smallest absolute Gasteiger partial charge is 0.266 e. The molecule has 164 valence electrons. The number of hydrogen-bond acceptors (Lipinski definition) is 6. The van der Waals surface area contributed by atoms with Gasteiger partial charge in [0, 0.05) is 30.6 Å². The summed E-state index contributed by atoms with van der Waals surface area (Å²) < 4.78 is 12.6. The molecule has 4 heterocycles. The number of aryl methyl sites for hydroxylation is 1. The number of fused-ring (bicyclic) bond motifs is 3. The fourth-order valence-electron chi connectivity index (χ4n) is 5.71. The minimum atomic E-state index is -0.884. The molecule has 7 heteroatoms. The second kappa shape index (κ2) is 7.07. The van der Waals surface area contributed by atoms with Gasteiger partial charge < -0.3 is 14.6 Å². The molecule has 4 aliphatic rings. The molecule has 3 fully saturated rings. The van der Waals surface area contributed by atoms with Crippen molar-refractivity contribution in [2.45, 2.75) is 82.1 Å². The number of aliphatic hydroxyl groups is 1. The number of rotatable bonds is 5. The number of aromatic nitrogens is 2. The van der Waals surface area contributed by atoms with E-state index < -0.39 is 5.60 Å². The summed E-state index contributed by atoms with van der Waals surface area (Å²) in [5.41, 5.74) is 2.44. The maximum absolute atomic E-state index is 12.4. The zero-order chi connectivity index (χ0) is 21.2. The summed E-state index contributed by atoms with van der Waals surface area (Å²) in [7, 11) is 0. The van der Waals surface area contributed by atoms with Gasteiger partial charge >= 0.3 is 0 Å². The highest BCUT2D eigenvalue weighted by Crippen LogP contribution is 2.44. The lowest BCUT2D eigenvalue weighted by molar-refractivity contribution is -0.0678. The van der Waals surface area contributed by atoms with Gasteiger partial charge in [0.05, 0.1) is 17.8 Å². The van der Waals surface area contributed by atoms with Crippen LogP contribution in [0.5, 0.6) is 11.5 Å². The van der Waals surface area contributed by atoms with Gasteiger partial charge in [0.25, 0.3) is 5.56 Å². The number of benzene rings is 1. The van der Waals surface area contributed by atoms with Crippen LogP contribution in [0.1, 0.15) is 61.3 Å². The molecule has 6 rings (SSSR count). The van der Waals surface area contributed by atoms with Crippen molar-refractivity contribution >= 4 is 0 Å². The third kappa shape index (κ3) is 3.53. The standard InChI is InChI=1S/C24H29N3O4/c1-15-8-21-22(31-14-30-21)9-17(15)12-26-18-4-5-19(26)11-24(29,10-18)13-27-23(28)7-6-20(25-27)16-2-3-16/h6-9,16,18-19,29H,2-5,10-14H2,1H3/t18-,19+,24?. The van der Waals surface area contributed by atoms with Crippen molar-refractivity contribution in [3.63, 3.8) is 0 Å². The third-order valence-electron chi connectivity index (χ3n) is 7.51. The molecule has 7 nitrogen and oxygen atoms in total. The van der Waals surface area contributed by atoms with Crippen LogP contribution >= 0.6 is 0 Å². The van der Waals surface area contributed by atoms with Crippen LogP contribution in [-0.2, 0) is 13.1 Å². The van der Waals surface area contributed by atoms with Gasteiger partial charge in [0.15, 0.2) is 11.5 Å². The Morgan fingerprint density at radius 2 is 1.81 bits per heavy atom. The molecule has 1 unspecified atom stereocenters. The summed E-state index contributed by atoms with van der Waals surface area (Å²) in [4.78, 5) is 14.9. The lowest BCUT2D eigenvalue weighted by Crippen LogP contribution is -2.53. The van der Waals surface area contributed by atoms with E-state index >= 15 is 0 Å². The number of ether oxygens (including phenoxy) is 2. The third-order valence-corrected chi connectivity index (χ3v) is 7.51. The van der Waals surface area contributed by atoms with Gasteiger partial charge in [0.2, 0.25) is 6.79 Å². The fourth-order valence-corrected chi connectivity index (χ4v) is 5.71. The monoisotopic (exact) mass is 423 g/mol. The van der Waals surface area contributed by atoms with Crippen molar-refractivity contribution < 1.29 is 14.6 Å². The predicted molar refractivity (Wildman–Crippen MR) is 114 cm³/mol. The Bertz CT molecular complexity index is 1060. The van der Waals surface area contributed by atoms with Crippen LogP contribution in [0.4, 0.5) is 0 Å². The molecule has 3 aliphatic heterocycles. The summed E-state index contributed by atoms with van der Waals surface area (Å²) in [5, 5.41) is 16.1. The predicted octanol–water partition coefficient (Wildman–Crippen LogP) is 2.72. The Balaban J connectivity index is 1.20. The Morgan fingerprint density at radius 1 is 1.10 bits per heavy atom. The Morgan fingerprint density at radius 3 is 2.52 bits per heavy atom. The molecule has 0 spiro atoms. The van der Waals surface area contributed by atoms with Gasteiger partial charge in [-0.25, -0.2) is 4.68 Å². The Kier molecular flexibility index (Phi) is 4.40. The molecular weight excluding hydrogens is 394 g/mol. The van der Waals surface area contributed by atoms with Crippen LogP contribution in [-0.4, -0.2) is 44.3 Å². The highest BCUT2D eigenvalue weighted by Gasteiger charge is 2.48. The van der Waals surface area contributed by atoms with Gasteiger partial charge in [-0.3, -0.25) is 9.69 Å². The minimum Gasteiger partial charge on any atom is -0.454 e. The van der Waals surface area contributed by atoms with Crippen LogP contribution < -0.4 is 15.0 Å². The number of hydrogen-bond donors (Lipinski definition) is 1. The molecule has 0 amide bonds. The summed E-state index contributed by atoms with van der Waals surface area (Å²) >= 11 is 0. The molecule has 2 aromatic rings. The first-order valence-electron chi connectivity index (χ1n) is 11.4. The molecule has 2 bridgehead atoms. The zero-order valence-corrected chi connectivity index (χ0v) is 17.9. The van der Waals surface area contributed by atoms with E-state index in [-0.39, 0.29) is 18.9 Å². The van der Waals surface area contributed by atoms with Crippen molar-refractivity contribution in [1.82, 2.24) is 14.7 Å². The first-order valence-corrected chi connectivity index (χ1v) is 11.4. The highest BCUT2D eigenvalue weighted by molar-refractivity contribution is 5.48. The molecule has 1 saturated carbocycles. The van der Waals surface area contributed by atoms with E-state index in [0.717, 1.165) is 49.4 Å². The molecule has 3 atom stereocenters. The van der Waals surface area contributed by atoms with E-state index in [9.17, 15) is 9.90 Å². The lowest BCUT2D eigenvalue weighted by Gasteiger charge is -2.44. The van der Waals surface area contributed by atoms with E-state index in [1.807, 2.05) is 6.07 Å². The SMILES string of the molecule is Cc1cc2c(cc1CN1[C@@H]3CC[C@H]1CC(O)(Cn1nc(C4CC4)ccc1=O)C3)OCO2. The van der Waals surface area contributed by atoms with Gasteiger partial charge in [-0.15, -0.1) is 0 Å². The quantitative estimate of drug-likeness (QED) is 0.797. The molecule has 1 aromatic heterocycles. The van der Waals surface area contributed by atoms with Gasteiger partial charge in [-0.1, -0.05) is 0 Å². The second-order valence-electron chi connectivity index (χ2n) is 9.85. The maximum Gasteiger partial charge on any atom is 0.266 e. The molecular formula is C24H29N3O4. The van der Waals surface area contributed by atoms with Crippen molar-refractivity contribution in [1.29, 1.82) is 0 Å². The van der Waals surface area contributed by atoms with E-state index in [1.54, 1.807) is 6.07 Å². The van der Waals surface area contributed by atoms with Gasteiger partial charge in [-0.05, 0) is 74.8 Å². The molecule has 31 heavy (non-hydrogen) atoms. The van der Waals surface area contributed by atoms with Crippen LogP contribution in [0.15, 0.2) is 29.1 Å². The summed E-state index contributed by atoms with van der Waals surface area (Å²) in [6.07, 6.45) is 5.81. The largest absolute Gasteiger partial charge is 0.454 e. The van der Waals surface area contributed by atoms with Crippen LogP contribution in [0, 0.1) is 6.92 Å². The minimum absolute atomic E-state index is 0.122. The first-order chi connectivity index (χ1) is 15.0. The van der Waals surface area contributed by atoms with Crippen molar-refractivity contribution in [2.75, 3.05) is 6.79 Å². The van der Waals surface area contributed by atoms with Gasteiger partial charge in [-0.2, -0.15) is 5.10 Å².